The third-order valence-corrected chi connectivity index (χ3v) is 3.62. The molecule has 0 aliphatic heterocycles. The van der Waals surface area contributed by atoms with Crippen LogP contribution in [0.15, 0.2) is 42.6 Å². The highest BCUT2D eigenvalue weighted by Crippen LogP contribution is 2.28. The molecule has 2 aromatic heterocycles. The zero-order valence-corrected chi connectivity index (χ0v) is 12.5. The molecule has 0 atom stereocenters. The summed E-state index contributed by atoms with van der Waals surface area (Å²) in [5.74, 6) is 0. The van der Waals surface area contributed by atoms with Crippen molar-refractivity contribution < 1.29 is 9.85 Å². The average Bonchev–Trinajstić information content (AvgIpc) is 2.93. The van der Waals surface area contributed by atoms with Crippen LogP contribution in [-0.2, 0) is 6.42 Å². The van der Waals surface area contributed by atoms with Crippen molar-refractivity contribution in [3.63, 3.8) is 0 Å². The fourth-order valence-corrected chi connectivity index (χ4v) is 2.56. The van der Waals surface area contributed by atoms with Gasteiger partial charge in [-0.2, -0.15) is 0 Å². The second-order valence-electron chi connectivity index (χ2n) is 5.13. The van der Waals surface area contributed by atoms with Crippen molar-refractivity contribution in [3.8, 4) is 11.3 Å². The van der Waals surface area contributed by atoms with E-state index in [0.29, 0.717) is 35.6 Å². The topological polar surface area (TPSA) is 130 Å². The minimum absolute atomic E-state index is 0.0470. The number of fused-ring (bicyclic) bond motifs is 1. The molecule has 0 fully saturated rings. The van der Waals surface area contributed by atoms with Crippen molar-refractivity contribution in [1.29, 1.82) is 0 Å². The van der Waals surface area contributed by atoms with Crippen LogP contribution in [0.5, 0.6) is 0 Å². The van der Waals surface area contributed by atoms with Crippen LogP contribution in [0, 0.1) is 20.2 Å². The van der Waals surface area contributed by atoms with E-state index in [4.69, 9.17) is 5.73 Å². The molecule has 3 rings (SSSR count). The molecular weight excluding hydrogens is 314 g/mol. The smallest absolute Gasteiger partial charge is 0.286 e. The van der Waals surface area contributed by atoms with Gasteiger partial charge in [0.1, 0.15) is 5.65 Å². The molecule has 3 aromatic rings. The van der Waals surface area contributed by atoms with E-state index in [2.05, 4.69) is 4.98 Å². The van der Waals surface area contributed by atoms with E-state index in [0.717, 1.165) is 0 Å². The molecule has 0 aliphatic carbocycles. The zero-order valence-electron chi connectivity index (χ0n) is 12.5. The Morgan fingerprint density at radius 3 is 2.50 bits per heavy atom. The highest BCUT2D eigenvalue weighted by atomic mass is 16.6. The van der Waals surface area contributed by atoms with E-state index >= 15 is 0 Å². The summed E-state index contributed by atoms with van der Waals surface area (Å²) in [6.45, 7) is 0.318. The molecule has 1 aromatic carbocycles. The molecule has 9 nitrogen and oxygen atoms in total. The first-order chi connectivity index (χ1) is 11.5. The zero-order chi connectivity index (χ0) is 17.3. The number of benzene rings is 1. The number of nitrogens with two attached hydrogens (primary N) is 1. The monoisotopic (exact) mass is 327 g/mol. The third kappa shape index (κ3) is 2.68. The van der Waals surface area contributed by atoms with Crippen molar-refractivity contribution in [3.05, 3.63) is 68.5 Å². The third-order valence-electron chi connectivity index (χ3n) is 3.62. The maximum absolute atomic E-state index is 11.0. The van der Waals surface area contributed by atoms with Gasteiger partial charge in [-0.3, -0.25) is 24.6 Å². The Labute approximate surface area is 135 Å². The number of rotatable bonds is 5. The largest absolute Gasteiger partial charge is 0.330 e. The summed E-state index contributed by atoms with van der Waals surface area (Å²) in [7, 11) is 0. The quantitative estimate of drug-likeness (QED) is 0.565. The summed E-state index contributed by atoms with van der Waals surface area (Å²) >= 11 is 0. The van der Waals surface area contributed by atoms with Gasteiger partial charge < -0.3 is 5.73 Å². The number of hydrogen-bond acceptors (Lipinski definition) is 6. The van der Waals surface area contributed by atoms with Crippen LogP contribution >= 0.6 is 0 Å². The minimum Gasteiger partial charge on any atom is -0.330 e. The molecule has 0 saturated carbocycles. The lowest BCUT2D eigenvalue weighted by atomic mass is 10.1. The van der Waals surface area contributed by atoms with Crippen molar-refractivity contribution >= 4 is 17.0 Å². The lowest BCUT2D eigenvalue weighted by Crippen LogP contribution is -2.06. The normalized spacial score (nSPS) is 10.9. The van der Waals surface area contributed by atoms with E-state index in [1.165, 1.54) is 24.4 Å². The Kier molecular flexibility index (Phi) is 3.92. The summed E-state index contributed by atoms with van der Waals surface area (Å²) in [5.41, 5.74) is 7.83. The van der Waals surface area contributed by atoms with E-state index in [1.807, 2.05) is 0 Å². The first kappa shape index (κ1) is 15.6. The number of nitro groups is 2. The molecule has 122 valence electrons. The first-order valence-corrected chi connectivity index (χ1v) is 7.11. The van der Waals surface area contributed by atoms with Crippen LogP contribution in [0.3, 0.4) is 0 Å². The molecule has 0 saturated heterocycles. The Hall–Kier alpha value is -3.33. The highest BCUT2D eigenvalue weighted by molar-refractivity contribution is 5.69. The van der Waals surface area contributed by atoms with E-state index < -0.39 is 9.85 Å². The molecule has 2 N–H and O–H groups in total. The molecule has 0 bridgehead atoms. The second-order valence-corrected chi connectivity index (χ2v) is 5.13. The van der Waals surface area contributed by atoms with Gasteiger partial charge in [0, 0.05) is 30.2 Å². The first-order valence-electron chi connectivity index (χ1n) is 7.11. The minimum atomic E-state index is -0.487. The van der Waals surface area contributed by atoms with E-state index in [1.54, 1.807) is 22.6 Å². The summed E-state index contributed by atoms with van der Waals surface area (Å²) in [6, 6.07) is 9.02. The van der Waals surface area contributed by atoms with Gasteiger partial charge in [0.15, 0.2) is 0 Å². The van der Waals surface area contributed by atoms with Gasteiger partial charge in [-0.05, 0) is 12.6 Å². The molecule has 0 spiro atoms. The lowest BCUT2D eigenvalue weighted by molar-refractivity contribution is -0.385. The summed E-state index contributed by atoms with van der Waals surface area (Å²) in [5, 5.41) is 22.0. The maximum Gasteiger partial charge on any atom is 0.286 e. The molecule has 0 aliphatic rings. The van der Waals surface area contributed by atoms with Gasteiger partial charge in [-0.1, -0.05) is 12.1 Å². The highest BCUT2D eigenvalue weighted by Gasteiger charge is 2.18. The fourth-order valence-electron chi connectivity index (χ4n) is 2.56. The number of nitro benzene ring substituents is 1. The van der Waals surface area contributed by atoms with Crippen molar-refractivity contribution in [2.45, 2.75) is 6.42 Å². The lowest BCUT2D eigenvalue weighted by Gasteiger charge is -2.04. The van der Waals surface area contributed by atoms with Crippen LogP contribution in [0.25, 0.3) is 16.9 Å². The van der Waals surface area contributed by atoms with Gasteiger partial charge in [0.2, 0.25) is 0 Å². The molecule has 0 amide bonds. The SMILES string of the molecule is NCCc1c(-c2cccc([N+](=O)[O-])c2)nc2ccc([N+](=O)[O-])cn12. The Bertz CT molecular complexity index is 950. The van der Waals surface area contributed by atoms with Crippen molar-refractivity contribution in [2.24, 2.45) is 5.73 Å². The number of nitrogens with zero attached hydrogens (tertiary/aromatic N) is 4. The van der Waals surface area contributed by atoms with Gasteiger partial charge in [-0.15, -0.1) is 0 Å². The van der Waals surface area contributed by atoms with Crippen molar-refractivity contribution in [2.75, 3.05) is 6.54 Å². The maximum atomic E-state index is 11.0. The predicted octanol–water partition coefficient (Wildman–Crippen LogP) is 2.32. The van der Waals surface area contributed by atoms with Gasteiger partial charge in [0.25, 0.3) is 11.4 Å². The number of pyridine rings is 1. The molecule has 0 radical (unpaired) electrons. The van der Waals surface area contributed by atoms with Crippen molar-refractivity contribution in [1.82, 2.24) is 9.38 Å². The molecule has 24 heavy (non-hydrogen) atoms. The Balaban J connectivity index is 2.23. The summed E-state index contributed by atoms with van der Waals surface area (Å²) in [6.07, 6.45) is 1.81. The Morgan fingerprint density at radius 2 is 1.83 bits per heavy atom. The van der Waals surface area contributed by atoms with Gasteiger partial charge in [0.05, 0.1) is 27.4 Å². The van der Waals surface area contributed by atoms with Crippen LogP contribution in [0.1, 0.15) is 5.69 Å². The van der Waals surface area contributed by atoms with E-state index in [9.17, 15) is 20.2 Å². The van der Waals surface area contributed by atoms with Crippen LogP contribution < -0.4 is 5.73 Å². The van der Waals surface area contributed by atoms with E-state index in [-0.39, 0.29) is 11.4 Å². The molecule has 0 unspecified atom stereocenters. The van der Waals surface area contributed by atoms with Gasteiger partial charge in [-0.25, -0.2) is 4.98 Å². The van der Waals surface area contributed by atoms with Gasteiger partial charge >= 0.3 is 0 Å². The summed E-state index contributed by atoms with van der Waals surface area (Å²) in [4.78, 5) is 25.5. The fraction of sp³-hybridized carbons (Fsp3) is 0.133. The second kappa shape index (κ2) is 6.05. The standard InChI is InChI=1S/C15H13N5O4/c16-7-6-13-15(10-2-1-3-11(8-10)19(21)22)17-14-5-4-12(20(23)24)9-18(13)14/h1-5,8-9H,6-7,16H2. The Morgan fingerprint density at radius 1 is 1.08 bits per heavy atom. The van der Waals surface area contributed by atoms with Crippen LogP contribution in [0.4, 0.5) is 11.4 Å². The number of hydrogen-bond donors (Lipinski definition) is 1. The average molecular weight is 327 g/mol. The number of aromatic nitrogens is 2. The predicted molar refractivity (Wildman–Crippen MR) is 86.7 cm³/mol. The summed E-state index contributed by atoms with van der Waals surface area (Å²) < 4.78 is 1.61. The molecule has 2 heterocycles. The molecular formula is C15H13N5O4. The molecule has 9 heteroatoms. The number of imidazole rings is 1. The van der Waals surface area contributed by atoms with Crippen LogP contribution in [0.2, 0.25) is 0 Å². The van der Waals surface area contributed by atoms with Crippen LogP contribution in [-0.4, -0.2) is 25.8 Å². The number of non-ortho nitro benzene ring substituents is 1.